The van der Waals surface area contributed by atoms with E-state index in [0.29, 0.717) is 22.3 Å². The molecule has 0 radical (unpaired) electrons. The molecule has 5 nitrogen and oxygen atoms in total. The molecule has 3 rings (SSSR count). The Hall–Kier alpha value is -3.80. The van der Waals surface area contributed by atoms with Crippen LogP contribution in [0, 0.1) is 5.82 Å². The minimum Gasteiger partial charge on any atom is -0.398 e. The van der Waals surface area contributed by atoms with Gasteiger partial charge in [-0.2, -0.15) is 0 Å². The molecule has 6 heteroatoms. The molecule has 0 bridgehead atoms. The number of rotatable bonds is 7. The predicted octanol–water partition coefficient (Wildman–Crippen LogP) is 3.89. The lowest BCUT2D eigenvalue weighted by Gasteiger charge is -2.17. The van der Waals surface area contributed by atoms with E-state index in [1.165, 1.54) is 19.2 Å². The highest BCUT2D eigenvalue weighted by molar-refractivity contribution is 6.09. The van der Waals surface area contributed by atoms with Crippen LogP contribution in [0.3, 0.4) is 0 Å². The first-order valence-electron chi connectivity index (χ1n) is 8.90. The van der Waals surface area contributed by atoms with Gasteiger partial charge in [-0.15, -0.1) is 0 Å². The van der Waals surface area contributed by atoms with Gasteiger partial charge in [-0.25, -0.2) is 4.39 Å². The highest BCUT2D eigenvalue weighted by Crippen LogP contribution is 2.26. The Morgan fingerprint density at radius 2 is 1.62 bits per heavy atom. The van der Waals surface area contributed by atoms with Gasteiger partial charge < -0.3 is 10.2 Å². The number of hydrogen-bond acceptors (Lipinski definition) is 4. The Bertz CT molecular complexity index is 1020. The Kier molecular flexibility index (Phi) is 6.47. The molecule has 29 heavy (non-hydrogen) atoms. The third kappa shape index (κ3) is 4.93. The molecule has 1 amide bonds. The second-order valence-electron chi connectivity index (χ2n) is 6.23. The van der Waals surface area contributed by atoms with Gasteiger partial charge in [0.25, 0.3) is 0 Å². The van der Waals surface area contributed by atoms with Crippen LogP contribution in [0.25, 0.3) is 0 Å². The standard InChI is InChI=1S/C23H19FN2O3/c1-29-26-15-25-23(28)21(16-10-12-20(24)13-11-16)18-8-5-9-19(14-18)22(27)17-6-3-2-4-7-17/h2-15,21H,1H3,(H,25,26,28). The van der Waals surface area contributed by atoms with Gasteiger partial charge >= 0.3 is 0 Å². The number of nitrogens with one attached hydrogen (secondary N) is 1. The van der Waals surface area contributed by atoms with Crippen molar-refractivity contribution in [2.24, 2.45) is 5.16 Å². The van der Waals surface area contributed by atoms with Gasteiger partial charge in [0.15, 0.2) is 5.78 Å². The summed E-state index contributed by atoms with van der Waals surface area (Å²) in [5.74, 6) is -1.70. The first-order chi connectivity index (χ1) is 14.1. The molecule has 3 aromatic rings. The molecule has 0 aliphatic rings. The maximum atomic E-state index is 13.4. The topological polar surface area (TPSA) is 67.8 Å². The first kappa shape index (κ1) is 19.9. The van der Waals surface area contributed by atoms with Gasteiger partial charge in [-0.05, 0) is 29.3 Å². The molecule has 0 aliphatic carbocycles. The Labute approximate surface area is 167 Å². The average Bonchev–Trinajstić information content (AvgIpc) is 2.76. The average molecular weight is 390 g/mol. The van der Waals surface area contributed by atoms with E-state index in [9.17, 15) is 14.0 Å². The van der Waals surface area contributed by atoms with Gasteiger partial charge in [-0.3, -0.25) is 9.59 Å². The van der Waals surface area contributed by atoms with E-state index in [0.717, 1.165) is 6.34 Å². The van der Waals surface area contributed by atoms with Crippen molar-refractivity contribution in [1.29, 1.82) is 0 Å². The molecule has 0 saturated carbocycles. The normalized spacial score (nSPS) is 11.8. The van der Waals surface area contributed by atoms with E-state index >= 15 is 0 Å². The molecular formula is C23H19FN2O3. The molecule has 0 aliphatic heterocycles. The van der Waals surface area contributed by atoms with Crippen LogP contribution in [-0.2, 0) is 9.63 Å². The van der Waals surface area contributed by atoms with Crippen molar-refractivity contribution < 1.29 is 18.8 Å². The van der Waals surface area contributed by atoms with Gasteiger partial charge in [0.05, 0.1) is 5.92 Å². The fourth-order valence-corrected chi connectivity index (χ4v) is 2.99. The molecule has 0 aromatic heterocycles. The monoisotopic (exact) mass is 390 g/mol. The van der Waals surface area contributed by atoms with Gasteiger partial charge in [-0.1, -0.05) is 65.8 Å². The van der Waals surface area contributed by atoms with Crippen LogP contribution in [0.2, 0.25) is 0 Å². The summed E-state index contributed by atoms with van der Waals surface area (Å²) in [6.07, 6.45) is 1.14. The summed E-state index contributed by atoms with van der Waals surface area (Å²) in [5.41, 5.74) is 2.19. The van der Waals surface area contributed by atoms with Crippen molar-refractivity contribution in [3.63, 3.8) is 0 Å². The SMILES string of the molecule is CO/N=C/NC(=O)C(c1ccc(F)cc1)c1cccc(C(=O)c2ccccc2)c1. The molecule has 1 N–H and O–H groups in total. The molecule has 1 unspecified atom stereocenters. The van der Waals surface area contributed by atoms with E-state index < -0.39 is 11.7 Å². The lowest BCUT2D eigenvalue weighted by Crippen LogP contribution is -2.29. The third-order valence-corrected chi connectivity index (χ3v) is 4.35. The van der Waals surface area contributed by atoms with Crippen LogP contribution < -0.4 is 5.32 Å². The quantitative estimate of drug-likeness (QED) is 0.288. The van der Waals surface area contributed by atoms with Crippen LogP contribution in [0.5, 0.6) is 0 Å². The Balaban J connectivity index is 1.99. The van der Waals surface area contributed by atoms with Crippen LogP contribution in [-0.4, -0.2) is 25.1 Å². The van der Waals surface area contributed by atoms with E-state index in [-0.39, 0.29) is 11.7 Å². The van der Waals surface area contributed by atoms with Gasteiger partial charge in [0, 0.05) is 11.1 Å². The molecule has 0 heterocycles. The number of carbonyl (C=O) groups excluding carboxylic acids is 2. The Morgan fingerprint density at radius 3 is 2.31 bits per heavy atom. The second-order valence-corrected chi connectivity index (χ2v) is 6.23. The molecule has 0 saturated heterocycles. The van der Waals surface area contributed by atoms with Crippen molar-refractivity contribution in [2.45, 2.75) is 5.92 Å². The van der Waals surface area contributed by atoms with Crippen LogP contribution >= 0.6 is 0 Å². The van der Waals surface area contributed by atoms with Crippen molar-refractivity contribution in [1.82, 2.24) is 5.32 Å². The van der Waals surface area contributed by atoms with E-state index in [4.69, 9.17) is 0 Å². The zero-order chi connectivity index (χ0) is 20.6. The molecule has 0 spiro atoms. The van der Waals surface area contributed by atoms with Crippen LogP contribution in [0.1, 0.15) is 33.0 Å². The Morgan fingerprint density at radius 1 is 0.931 bits per heavy atom. The van der Waals surface area contributed by atoms with Crippen molar-refractivity contribution in [3.05, 3.63) is 107 Å². The number of oxime groups is 1. The van der Waals surface area contributed by atoms with E-state index in [1.54, 1.807) is 60.7 Å². The fraction of sp³-hybridized carbons (Fsp3) is 0.0870. The summed E-state index contributed by atoms with van der Waals surface area (Å²) in [7, 11) is 1.36. The van der Waals surface area contributed by atoms with E-state index in [2.05, 4.69) is 15.3 Å². The van der Waals surface area contributed by atoms with Crippen LogP contribution in [0.15, 0.2) is 84.0 Å². The molecule has 1 atom stereocenters. The van der Waals surface area contributed by atoms with Gasteiger partial charge in [0.1, 0.15) is 19.3 Å². The molecule has 0 fully saturated rings. The lowest BCUT2D eigenvalue weighted by atomic mass is 9.88. The highest BCUT2D eigenvalue weighted by atomic mass is 19.1. The maximum Gasteiger partial charge on any atom is 0.237 e. The number of nitrogens with zero attached hydrogens (tertiary/aromatic N) is 1. The molecule has 3 aromatic carbocycles. The smallest absolute Gasteiger partial charge is 0.237 e. The largest absolute Gasteiger partial charge is 0.398 e. The lowest BCUT2D eigenvalue weighted by molar-refractivity contribution is -0.120. The minimum absolute atomic E-state index is 0.147. The van der Waals surface area contributed by atoms with Crippen molar-refractivity contribution in [2.75, 3.05) is 7.11 Å². The summed E-state index contributed by atoms with van der Waals surface area (Å²) in [4.78, 5) is 30.2. The fourth-order valence-electron chi connectivity index (χ4n) is 2.99. The predicted molar refractivity (Wildman–Crippen MR) is 108 cm³/mol. The summed E-state index contributed by atoms with van der Waals surface area (Å²) in [5, 5.41) is 6.05. The zero-order valence-corrected chi connectivity index (χ0v) is 15.7. The maximum absolute atomic E-state index is 13.4. The van der Waals surface area contributed by atoms with Crippen molar-refractivity contribution in [3.8, 4) is 0 Å². The molecule has 146 valence electrons. The number of benzene rings is 3. The zero-order valence-electron chi connectivity index (χ0n) is 15.7. The second kappa shape index (κ2) is 9.41. The number of carbonyl (C=O) groups is 2. The minimum atomic E-state index is -0.762. The summed E-state index contributed by atoms with van der Waals surface area (Å²) in [6.45, 7) is 0. The summed E-state index contributed by atoms with van der Waals surface area (Å²) in [6, 6.07) is 21.4. The molecular weight excluding hydrogens is 371 g/mol. The van der Waals surface area contributed by atoms with Gasteiger partial charge in [0.2, 0.25) is 5.91 Å². The third-order valence-electron chi connectivity index (χ3n) is 4.35. The highest BCUT2D eigenvalue weighted by Gasteiger charge is 2.23. The number of ketones is 1. The first-order valence-corrected chi connectivity index (χ1v) is 8.90. The number of hydrogen-bond donors (Lipinski definition) is 1. The summed E-state index contributed by atoms with van der Waals surface area (Å²) < 4.78 is 13.4. The number of halogens is 1. The van der Waals surface area contributed by atoms with E-state index in [1.807, 2.05) is 6.07 Å². The summed E-state index contributed by atoms with van der Waals surface area (Å²) >= 11 is 0. The van der Waals surface area contributed by atoms with Crippen LogP contribution in [0.4, 0.5) is 4.39 Å². The number of amides is 1. The van der Waals surface area contributed by atoms with Crippen molar-refractivity contribution >= 4 is 18.0 Å².